The maximum absolute atomic E-state index is 10.3. The van der Waals surface area contributed by atoms with Gasteiger partial charge in [-0.25, -0.2) is 0 Å². The highest BCUT2D eigenvalue weighted by atomic mass is 79.9. The predicted molar refractivity (Wildman–Crippen MR) is 106 cm³/mol. The molecule has 5 nitrogen and oxygen atoms in total. The number of quaternary nitrogens is 1. The van der Waals surface area contributed by atoms with Gasteiger partial charge in [-0.2, -0.15) is 0 Å². The van der Waals surface area contributed by atoms with Crippen molar-refractivity contribution < 1.29 is 19.5 Å². The lowest BCUT2D eigenvalue weighted by Gasteiger charge is -2.34. The minimum absolute atomic E-state index is 0.327. The molecule has 2 N–H and O–H groups in total. The number of piperazine rings is 1. The van der Waals surface area contributed by atoms with Crippen molar-refractivity contribution in [2.75, 3.05) is 51.3 Å². The summed E-state index contributed by atoms with van der Waals surface area (Å²) in [7, 11) is 1.68. The van der Waals surface area contributed by atoms with Gasteiger partial charge in [0.2, 0.25) is 0 Å². The van der Waals surface area contributed by atoms with Gasteiger partial charge in [-0.15, -0.1) is 0 Å². The van der Waals surface area contributed by atoms with E-state index in [1.807, 2.05) is 36.4 Å². The molecule has 0 radical (unpaired) electrons. The molecule has 0 saturated carbocycles. The summed E-state index contributed by atoms with van der Waals surface area (Å²) in [6, 6.07) is 15.9. The largest absolute Gasteiger partial charge is 0.497 e. The second-order valence-electron chi connectivity index (χ2n) is 6.56. The molecule has 26 heavy (non-hydrogen) atoms. The van der Waals surface area contributed by atoms with Crippen molar-refractivity contribution in [1.82, 2.24) is 0 Å². The van der Waals surface area contributed by atoms with Crippen LogP contribution in [0.5, 0.6) is 11.5 Å². The molecule has 1 aliphatic heterocycles. The van der Waals surface area contributed by atoms with Crippen molar-refractivity contribution in [3.05, 3.63) is 53.0 Å². The SMILES string of the molecule is COc1ccc(N2CC[NH+](C[C@H](O)COc3ccc(Br)cc3)CC2)cc1. The Morgan fingerprint density at radius 2 is 1.65 bits per heavy atom. The van der Waals surface area contributed by atoms with Crippen LogP contribution in [-0.4, -0.2) is 57.7 Å². The third-order valence-corrected chi connectivity index (χ3v) is 5.22. The van der Waals surface area contributed by atoms with E-state index in [1.54, 1.807) is 7.11 Å². The summed E-state index contributed by atoms with van der Waals surface area (Å²) in [4.78, 5) is 3.80. The summed E-state index contributed by atoms with van der Waals surface area (Å²) in [6.07, 6.45) is -0.457. The lowest BCUT2D eigenvalue weighted by molar-refractivity contribution is -0.903. The molecule has 140 valence electrons. The molecular weight excluding hydrogens is 396 g/mol. The van der Waals surface area contributed by atoms with Gasteiger partial charge in [0.25, 0.3) is 0 Å². The van der Waals surface area contributed by atoms with Gasteiger partial charge in [-0.05, 0) is 48.5 Å². The summed E-state index contributed by atoms with van der Waals surface area (Å²) >= 11 is 3.40. The number of nitrogens with one attached hydrogen (secondary N) is 1. The zero-order valence-corrected chi connectivity index (χ0v) is 16.6. The van der Waals surface area contributed by atoms with E-state index in [1.165, 1.54) is 10.6 Å². The van der Waals surface area contributed by atoms with Crippen molar-refractivity contribution in [1.29, 1.82) is 0 Å². The van der Waals surface area contributed by atoms with Crippen molar-refractivity contribution in [2.45, 2.75) is 6.10 Å². The third-order valence-electron chi connectivity index (χ3n) is 4.69. The van der Waals surface area contributed by atoms with Crippen LogP contribution in [0.3, 0.4) is 0 Å². The van der Waals surface area contributed by atoms with E-state index < -0.39 is 6.10 Å². The molecule has 3 rings (SSSR count). The first-order valence-corrected chi connectivity index (χ1v) is 9.72. The monoisotopic (exact) mass is 421 g/mol. The average Bonchev–Trinajstić information content (AvgIpc) is 2.68. The molecule has 0 spiro atoms. The average molecular weight is 422 g/mol. The number of methoxy groups -OCH3 is 1. The highest BCUT2D eigenvalue weighted by Gasteiger charge is 2.22. The standard InChI is InChI=1S/C20H25BrN2O3/c1-25-19-8-4-17(5-9-19)23-12-10-22(11-13-23)14-18(24)15-26-20-6-2-16(21)3-7-20/h2-9,18,24H,10-15H2,1H3/p+1/t18-/m0/s1. The molecule has 1 fully saturated rings. The Hall–Kier alpha value is -1.76. The van der Waals surface area contributed by atoms with Gasteiger partial charge in [0.05, 0.1) is 33.3 Å². The van der Waals surface area contributed by atoms with Gasteiger partial charge < -0.3 is 24.4 Å². The van der Waals surface area contributed by atoms with Crippen LogP contribution in [0, 0.1) is 0 Å². The molecule has 0 aliphatic carbocycles. The molecule has 1 saturated heterocycles. The van der Waals surface area contributed by atoms with Crippen LogP contribution in [0.25, 0.3) is 0 Å². The highest BCUT2D eigenvalue weighted by molar-refractivity contribution is 9.10. The van der Waals surface area contributed by atoms with Gasteiger partial charge in [0.15, 0.2) is 0 Å². The molecule has 2 aromatic carbocycles. The van der Waals surface area contributed by atoms with E-state index in [9.17, 15) is 5.11 Å². The number of halogens is 1. The summed E-state index contributed by atoms with van der Waals surface area (Å²) in [5.74, 6) is 1.67. The summed E-state index contributed by atoms with van der Waals surface area (Å²) in [6.45, 7) is 5.05. The molecule has 0 aromatic heterocycles. The quantitative estimate of drug-likeness (QED) is 0.712. The van der Waals surface area contributed by atoms with Gasteiger partial charge in [0, 0.05) is 10.2 Å². The first-order valence-electron chi connectivity index (χ1n) is 8.93. The van der Waals surface area contributed by atoms with Gasteiger partial charge in [-0.1, -0.05) is 15.9 Å². The molecule has 0 bridgehead atoms. The molecular formula is C20H26BrN2O3+. The number of hydrogen-bond acceptors (Lipinski definition) is 4. The lowest BCUT2D eigenvalue weighted by Crippen LogP contribution is -3.16. The lowest BCUT2D eigenvalue weighted by atomic mass is 10.2. The molecule has 0 amide bonds. The topological polar surface area (TPSA) is 46.4 Å². The number of rotatable bonds is 7. The van der Waals surface area contributed by atoms with Crippen molar-refractivity contribution in [3.63, 3.8) is 0 Å². The predicted octanol–water partition coefficient (Wildman–Crippen LogP) is 1.60. The fourth-order valence-corrected chi connectivity index (χ4v) is 3.46. The zero-order valence-electron chi connectivity index (χ0n) is 15.0. The molecule has 1 atom stereocenters. The number of aliphatic hydroxyl groups is 1. The fourth-order valence-electron chi connectivity index (χ4n) is 3.19. The van der Waals surface area contributed by atoms with Crippen LogP contribution >= 0.6 is 15.9 Å². The van der Waals surface area contributed by atoms with E-state index in [2.05, 4.69) is 33.0 Å². The normalized spacial score (nSPS) is 16.3. The van der Waals surface area contributed by atoms with Crippen LogP contribution in [0.2, 0.25) is 0 Å². The smallest absolute Gasteiger partial charge is 0.137 e. The Morgan fingerprint density at radius 3 is 2.27 bits per heavy atom. The maximum atomic E-state index is 10.3. The highest BCUT2D eigenvalue weighted by Crippen LogP contribution is 2.19. The fraction of sp³-hybridized carbons (Fsp3) is 0.400. The molecule has 1 aliphatic rings. The number of benzene rings is 2. The van der Waals surface area contributed by atoms with E-state index in [0.717, 1.165) is 42.2 Å². The van der Waals surface area contributed by atoms with Crippen molar-refractivity contribution in [2.24, 2.45) is 0 Å². The van der Waals surface area contributed by atoms with Gasteiger partial charge in [0.1, 0.15) is 30.8 Å². The van der Waals surface area contributed by atoms with Crippen LogP contribution in [0.15, 0.2) is 53.0 Å². The molecule has 1 heterocycles. The summed E-state index contributed by atoms with van der Waals surface area (Å²) in [5, 5.41) is 10.3. The number of aliphatic hydroxyl groups excluding tert-OH is 1. The molecule has 0 unspecified atom stereocenters. The van der Waals surface area contributed by atoms with Crippen LogP contribution in [0.1, 0.15) is 0 Å². The number of hydrogen-bond donors (Lipinski definition) is 2. The van der Waals surface area contributed by atoms with Crippen LogP contribution in [0.4, 0.5) is 5.69 Å². The summed E-state index contributed by atoms with van der Waals surface area (Å²) < 4.78 is 11.9. The first kappa shape index (κ1) is 19.0. The maximum Gasteiger partial charge on any atom is 0.137 e. The van der Waals surface area contributed by atoms with Gasteiger partial charge in [-0.3, -0.25) is 0 Å². The van der Waals surface area contributed by atoms with E-state index >= 15 is 0 Å². The van der Waals surface area contributed by atoms with E-state index in [0.29, 0.717) is 13.2 Å². The van der Waals surface area contributed by atoms with E-state index in [-0.39, 0.29) is 0 Å². The second-order valence-corrected chi connectivity index (χ2v) is 7.47. The number of ether oxygens (including phenoxy) is 2. The van der Waals surface area contributed by atoms with Crippen LogP contribution in [-0.2, 0) is 0 Å². The second kappa shape index (κ2) is 9.26. The summed E-state index contributed by atoms with van der Waals surface area (Å²) in [5.41, 5.74) is 1.23. The molecule has 6 heteroatoms. The zero-order chi connectivity index (χ0) is 18.4. The number of anilines is 1. The Bertz CT molecular complexity index is 670. The van der Waals surface area contributed by atoms with E-state index in [4.69, 9.17) is 9.47 Å². The Labute approximate surface area is 163 Å². The Kier molecular flexibility index (Phi) is 6.77. The first-order chi connectivity index (χ1) is 12.6. The van der Waals surface area contributed by atoms with Gasteiger partial charge >= 0.3 is 0 Å². The third kappa shape index (κ3) is 5.37. The van der Waals surface area contributed by atoms with Crippen LogP contribution < -0.4 is 19.3 Å². The Balaban J connectivity index is 1.40. The minimum Gasteiger partial charge on any atom is -0.497 e. The van der Waals surface area contributed by atoms with Crippen molar-refractivity contribution >= 4 is 21.6 Å². The Morgan fingerprint density at radius 1 is 1.04 bits per heavy atom. The number of nitrogens with zero attached hydrogens (tertiary/aromatic N) is 1. The molecule has 2 aromatic rings. The van der Waals surface area contributed by atoms with Crippen molar-refractivity contribution in [3.8, 4) is 11.5 Å². The minimum atomic E-state index is -0.457.